The summed E-state index contributed by atoms with van der Waals surface area (Å²) in [6.07, 6.45) is 6.53. The van der Waals surface area contributed by atoms with Crippen LogP contribution in [0.4, 0.5) is 11.5 Å². The molecule has 1 saturated heterocycles. The summed E-state index contributed by atoms with van der Waals surface area (Å²) in [7, 11) is 0. The summed E-state index contributed by atoms with van der Waals surface area (Å²) in [6.45, 7) is 14.4. The van der Waals surface area contributed by atoms with Crippen molar-refractivity contribution in [2.45, 2.75) is 46.7 Å². The molecular formula is C32H37IN8O2. The number of carbonyl (C=O) groups is 2. The second-order valence-electron chi connectivity index (χ2n) is 10.6. The van der Waals surface area contributed by atoms with Crippen molar-refractivity contribution >= 4 is 57.2 Å². The molecule has 1 aliphatic heterocycles. The number of hydrogen-bond acceptors (Lipinski definition) is 7. The highest BCUT2D eigenvalue weighted by atomic mass is 127. The Hall–Kier alpha value is -3.84. The number of fused-ring (bicyclic) bond motifs is 1. The predicted molar refractivity (Wildman–Crippen MR) is 179 cm³/mol. The number of pyridine rings is 2. The molecule has 0 spiro atoms. The zero-order valence-electron chi connectivity index (χ0n) is 24.9. The molecule has 0 aliphatic carbocycles. The molecule has 3 aromatic heterocycles. The highest BCUT2D eigenvalue weighted by molar-refractivity contribution is 14.1. The van der Waals surface area contributed by atoms with E-state index in [0.717, 1.165) is 67.1 Å². The van der Waals surface area contributed by atoms with Crippen molar-refractivity contribution in [1.29, 1.82) is 0 Å². The summed E-state index contributed by atoms with van der Waals surface area (Å²) in [5.74, 6) is 0.403. The average molecular weight is 693 g/mol. The standard InChI is InChI=1S/C32H37IN8O2/c1-5-8-22-15-21(4)16-28(37-30(42)6-2)25(22)19-35-32(43)24-17-27(38-31-26(24)20-36-41(31)7-3)23-9-10-29(34-18-23)39-11-13-40(33)14-12-39/h6,9-10,15-18,20H,2,5,7-8,11-14,19H2,1,3-4H3,(H,35,43)(H,37,42). The number of aryl methyl sites for hydroxylation is 3. The quantitative estimate of drug-likeness (QED) is 0.132. The van der Waals surface area contributed by atoms with Gasteiger partial charge >= 0.3 is 0 Å². The molecule has 43 heavy (non-hydrogen) atoms. The third kappa shape index (κ3) is 6.88. The molecule has 2 N–H and O–H groups in total. The molecule has 0 unspecified atom stereocenters. The van der Waals surface area contributed by atoms with E-state index in [1.807, 2.05) is 44.3 Å². The topological polar surface area (TPSA) is 108 Å². The van der Waals surface area contributed by atoms with Crippen LogP contribution in [-0.2, 0) is 24.3 Å². The molecular weight excluding hydrogens is 655 g/mol. The van der Waals surface area contributed by atoms with Crippen molar-refractivity contribution in [3.05, 3.63) is 77.6 Å². The number of benzene rings is 1. The van der Waals surface area contributed by atoms with Crippen LogP contribution in [0.2, 0.25) is 0 Å². The minimum Gasteiger partial charge on any atom is -0.354 e. The molecule has 0 bridgehead atoms. The Morgan fingerprint density at radius 2 is 1.88 bits per heavy atom. The number of aromatic nitrogens is 4. The maximum Gasteiger partial charge on any atom is 0.252 e. The zero-order chi connectivity index (χ0) is 30.5. The Morgan fingerprint density at radius 3 is 2.56 bits per heavy atom. The van der Waals surface area contributed by atoms with Gasteiger partial charge in [-0.15, -0.1) is 0 Å². The molecule has 4 heterocycles. The van der Waals surface area contributed by atoms with Crippen molar-refractivity contribution in [2.75, 3.05) is 36.4 Å². The average Bonchev–Trinajstić information content (AvgIpc) is 3.43. The summed E-state index contributed by atoms with van der Waals surface area (Å²) in [5.41, 5.74) is 6.31. The minimum absolute atomic E-state index is 0.241. The van der Waals surface area contributed by atoms with E-state index in [9.17, 15) is 9.59 Å². The molecule has 2 amide bonds. The second kappa shape index (κ2) is 13.6. The lowest BCUT2D eigenvalue weighted by molar-refractivity contribution is -0.111. The number of halogens is 1. The van der Waals surface area contributed by atoms with Crippen molar-refractivity contribution in [3.8, 4) is 11.3 Å². The van der Waals surface area contributed by atoms with Gasteiger partial charge in [0.15, 0.2) is 5.65 Å². The maximum atomic E-state index is 13.8. The number of piperazine rings is 1. The van der Waals surface area contributed by atoms with Crippen molar-refractivity contribution in [2.24, 2.45) is 0 Å². The number of hydrogen-bond donors (Lipinski definition) is 2. The molecule has 1 aliphatic rings. The fraction of sp³-hybridized carbons (Fsp3) is 0.344. The van der Waals surface area contributed by atoms with Crippen molar-refractivity contribution in [1.82, 2.24) is 28.2 Å². The number of nitrogens with zero attached hydrogens (tertiary/aromatic N) is 6. The normalized spacial score (nSPS) is 13.7. The Kier molecular flexibility index (Phi) is 9.71. The smallest absolute Gasteiger partial charge is 0.252 e. The van der Waals surface area contributed by atoms with Crippen LogP contribution in [0.1, 0.15) is 47.3 Å². The summed E-state index contributed by atoms with van der Waals surface area (Å²) in [4.78, 5) is 37.9. The van der Waals surface area contributed by atoms with Crippen LogP contribution in [0.15, 0.2) is 55.4 Å². The first-order chi connectivity index (χ1) is 20.8. The number of carbonyl (C=O) groups excluding carboxylic acids is 2. The summed E-state index contributed by atoms with van der Waals surface area (Å²) in [5, 5.41) is 11.2. The van der Waals surface area contributed by atoms with Crippen LogP contribution in [0, 0.1) is 6.92 Å². The van der Waals surface area contributed by atoms with Gasteiger partial charge in [-0.1, -0.05) is 26.0 Å². The number of amides is 2. The van der Waals surface area contributed by atoms with Gasteiger partial charge in [0.05, 0.1) is 22.8 Å². The molecule has 224 valence electrons. The highest BCUT2D eigenvalue weighted by Gasteiger charge is 2.20. The van der Waals surface area contributed by atoms with E-state index in [1.165, 1.54) is 6.08 Å². The van der Waals surface area contributed by atoms with Gasteiger partial charge in [0.25, 0.3) is 5.91 Å². The van der Waals surface area contributed by atoms with Crippen molar-refractivity contribution < 1.29 is 9.59 Å². The van der Waals surface area contributed by atoms with E-state index in [1.54, 1.807) is 10.9 Å². The largest absolute Gasteiger partial charge is 0.354 e. The van der Waals surface area contributed by atoms with Crippen LogP contribution < -0.4 is 15.5 Å². The van der Waals surface area contributed by atoms with Crippen LogP contribution in [0.25, 0.3) is 22.3 Å². The molecule has 4 aromatic rings. The molecule has 0 radical (unpaired) electrons. The first-order valence-electron chi connectivity index (χ1n) is 14.6. The SMILES string of the molecule is C=CC(=O)Nc1cc(C)cc(CCC)c1CNC(=O)c1cc(-c2ccc(N3CCN(I)CC3)nc2)nc2c1cnn2CC. The Morgan fingerprint density at radius 1 is 1.09 bits per heavy atom. The van der Waals surface area contributed by atoms with E-state index in [4.69, 9.17) is 9.97 Å². The molecule has 0 atom stereocenters. The number of nitrogens with one attached hydrogen (secondary N) is 2. The molecule has 10 nitrogen and oxygen atoms in total. The first kappa shape index (κ1) is 30.6. The molecule has 5 rings (SSSR count). The monoisotopic (exact) mass is 692 g/mol. The van der Waals surface area contributed by atoms with E-state index >= 15 is 0 Å². The maximum absolute atomic E-state index is 13.8. The Bertz CT molecular complexity index is 1640. The molecule has 0 saturated carbocycles. The zero-order valence-corrected chi connectivity index (χ0v) is 27.0. The fourth-order valence-electron chi connectivity index (χ4n) is 5.40. The third-order valence-electron chi connectivity index (χ3n) is 7.62. The lowest BCUT2D eigenvalue weighted by Crippen LogP contribution is -2.42. The van der Waals surface area contributed by atoms with Gasteiger partial charge in [-0.05, 0) is 67.3 Å². The molecule has 11 heteroatoms. The number of rotatable bonds is 10. The molecule has 1 aromatic carbocycles. The van der Waals surface area contributed by atoms with Gasteiger partial charge in [-0.25, -0.2) is 17.8 Å². The fourth-order valence-corrected chi connectivity index (χ4v) is 5.83. The van der Waals surface area contributed by atoms with E-state index in [2.05, 4.69) is 66.2 Å². The lowest BCUT2D eigenvalue weighted by Gasteiger charge is -2.32. The summed E-state index contributed by atoms with van der Waals surface area (Å²) >= 11 is 2.36. The van der Waals surface area contributed by atoms with Crippen LogP contribution in [0.3, 0.4) is 0 Å². The van der Waals surface area contributed by atoms with Gasteiger partial charge < -0.3 is 15.5 Å². The number of anilines is 2. The van der Waals surface area contributed by atoms with Crippen LogP contribution >= 0.6 is 22.9 Å². The summed E-state index contributed by atoms with van der Waals surface area (Å²) < 4.78 is 4.08. The van der Waals surface area contributed by atoms with E-state index < -0.39 is 0 Å². The van der Waals surface area contributed by atoms with Gasteiger partial charge in [0.2, 0.25) is 5.91 Å². The lowest BCUT2D eigenvalue weighted by atomic mass is 9.98. The Balaban J connectivity index is 1.46. The van der Waals surface area contributed by atoms with Gasteiger partial charge in [-0.2, -0.15) is 5.10 Å². The van der Waals surface area contributed by atoms with Crippen LogP contribution in [-0.4, -0.2) is 60.9 Å². The van der Waals surface area contributed by atoms with Crippen LogP contribution in [0.5, 0.6) is 0 Å². The highest BCUT2D eigenvalue weighted by Crippen LogP contribution is 2.28. The summed E-state index contributed by atoms with van der Waals surface area (Å²) in [6, 6.07) is 9.88. The van der Waals surface area contributed by atoms with E-state index in [-0.39, 0.29) is 18.4 Å². The van der Waals surface area contributed by atoms with Crippen molar-refractivity contribution in [3.63, 3.8) is 0 Å². The Labute approximate surface area is 266 Å². The predicted octanol–water partition coefficient (Wildman–Crippen LogP) is 5.30. The second-order valence-corrected chi connectivity index (χ2v) is 12.0. The minimum atomic E-state index is -0.292. The van der Waals surface area contributed by atoms with E-state index in [0.29, 0.717) is 34.5 Å². The third-order valence-corrected chi connectivity index (χ3v) is 8.59. The molecule has 1 fully saturated rings. The van der Waals surface area contributed by atoms with Gasteiger partial charge in [-0.3, -0.25) is 9.59 Å². The van der Waals surface area contributed by atoms with Gasteiger partial charge in [0.1, 0.15) is 5.82 Å². The first-order valence-corrected chi connectivity index (χ1v) is 15.6. The van der Waals surface area contributed by atoms with Gasteiger partial charge in [0, 0.05) is 79.6 Å².